The lowest BCUT2D eigenvalue weighted by Gasteiger charge is -2.11. The van der Waals surface area contributed by atoms with Crippen LogP contribution in [0.4, 0.5) is 10.1 Å². The molecule has 1 N–H and O–H groups in total. The lowest BCUT2D eigenvalue weighted by atomic mass is 10.2. The van der Waals surface area contributed by atoms with Crippen LogP contribution in [0.15, 0.2) is 64.5 Å². The number of amides is 1. The van der Waals surface area contributed by atoms with Gasteiger partial charge in [-0.15, -0.1) is 18.3 Å². The summed E-state index contributed by atoms with van der Waals surface area (Å²) in [6.45, 7) is 3.68. The van der Waals surface area contributed by atoms with Gasteiger partial charge in [0.1, 0.15) is 5.82 Å². The Labute approximate surface area is 135 Å². The van der Waals surface area contributed by atoms with Gasteiger partial charge in [0.2, 0.25) is 0 Å². The van der Waals surface area contributed by atoms with Gasteiger partial charge in [-0.2, -0.15) is 0 Å². The molecule has 2 rings (SSSR count). The molecule has 0 aromatic heterocycles. The molecule has 2 nitrogen and oxygen atoms in total. The summed E-state index contributed by atoms with van der Waals surface area (Å²) in [4.78, 5) is 13.2. The zero-order valence-electron chi connectivity index (χ0n) is 11.1. The molecular formula is C16H13BrFNOS. The minimum Gasteiger partial charge on any atom is -0.321 e. The summed E-state index contributed by atoms with van der Waals surface area (Å²) >= 11 is 4.67. The number of carbonyl (C=O) groups excluding carboxylic acids is 1. The first-order valence-electron chi connectivity index (χ1n) is 6.21. The Bertz CT molecular complexity index is 675. The van der Waals surface area contributed by atoms with Crippen LogP contribution in [0.5, 0.6) is 0 Å². The third-order valence-corrected chi connectivity index (χ3v) is 4.56. The van der Waals surface area contributed by atoms with E-state index in [1.54, 1.807) is 23.9 Å². The standard InChI is InChI=1S/C16H13BrFNOS/c1-2-10-21-14-9-4-3-8-13(14)19-16(20)11-6-5-7-12(18)15(11)17/h2-9H,1,10H2,(H,19,20). The van der Waals surface area contributed by atoms with Crippen molar-refractivity contribution < 1.29 is 9.18 Å². The fourth-order valence-electron chi connectivity index (χ4n) is 1.71. The van der Waals surface area contributed by atoms with Crippen molar-refractivity contribution >= 4 is 39.3 Å². The van der Waals surface area contributed by atoms with Crippen LogP contribution in [0.25, 0.3) is 0 Å². The zero-order chi connectivity index (χ0) is 15.2. The number of anilines is 1. The molecule has 0 radical (unpaired) electrons. The van der Waals surface area contributed by atoms with Crippen LogP contribution in [-0.4, -0.2) is 11.7 Å². The number of thioether (sulfide) groups is 1. The van der Waals surface area contributed by atoms with E-state index < -0.39 is 5.82 Å². The molecule has 0 heterocycles. The highest BCUT2D eigenvalue weighted by atomic mass is 79.9. The van der Waals surface area contributed by atoms with Crippen LogP contribution < -0.4 is 5.32 Å². The Morgan fingerprint density at radius 1 is 1.29 bits per heavy atom. The molecule has 2 aromatic carbocycles. The molecule has 0 fully saturated rings. The molecule has 0 aliphatic heterocycles. The van der Waals surface area contributed by atoms with Crippen molar-refractivity contribution in [1.29, 1.82) is 0 Å². The van der Waals surface area contributed by atoms with Crippen LogP contribution in [-0.2, 0) is 0 Å². The summed E-state index contributed by atoms with van der Waals surface area (Å²) < 4.78 is 13.6. The third-order valence-electron chi connectivity index (χ3n) is 2.69. The highest BCUT2D eigenvalue weighted by molar-refractivity contribution is 9.10. The van der Waals surface area contributed by atoms with Crippen LogP contribution in [0.2, 0.25) is 0 Å². The predicted octanol–water partition coefficient (Wildman–Crippen LogP) is 5.12. The molecular weight excluding hydrogens is 353 g/mol. The smallest absolute Gasteiger partial charge is 0.256 e. The van der Waals surface area contributed by atoms with Crippen molar-refractivity contribution in [2.24, 2.45) is 0 Å². The second kappa shape index (κ2) is 7.43. The first-order chi connectivity index (χ1) is 10.1. The molecule has 0 saturated heterocycles. The lowest BCUT2D eigenvalue weighted by Crippen LogP contribution is -2.13. The van der Waals surface area contributed by atoms with E-state index in [1.165, 1.54) is 12.1 Å². The number of carbonyl (C=O) groups is 1. The van der Waals surface area contributed by atoms with Crippen molar-refractivity contribution in [1.82, 2.24) is 0 Å². The summed E-state index contributed by atoms with van der Waals surface area (Å²) in [7, 11) is 0. The SMILES string of the molecule is C=CCSc1ccccc1NC(=O)c1cccc(F)c1Br. The summed E-state index contributed by atoms with van der Waals surface area (Å²) in [6.07, 6.45) is 1.80. The average molecular weight is 366 g/mol. The van der Waals surface area contributed by atoms with Gasteiger partial charge in [-0.1, -0.05) is 24.3 Å². The molecule has 0 bridgehead atoms. The molecule has 0 unspecified atom stereocenters. The summed E-state index contributed by atoms with van der Waals surface area (Å²) in [5.41, 5.74) is 0.962. The topological polar surface area (TPSA) is 29.1 Å². The maximum Gasteiger partial charge on any atom is 0.256 e. The molecule has 108 valence electrons. The van der Waals surface area contributed by atoms with Gasteiger partial charge in [-0.05, 0) is 40.2 Å². The number of rotatable bonds is 5. The van der Waals surface area contributed by atoms with E-state index in [-0.39, 0.29) is 15.9 Å². The number of hydrogen-bond acceptors (Lipinski definition) is 2. The lowest BCUT2D eigenvalue weighted by molar-refractivity contribution is 0.102. The molecule has 0 atom stereocenters. The summed E-state index contributed by atoms with van der Waals surface area (Å²) in [5, 5.41) is 2.81. The maximum absolute atomic E-state index is 13.5. The second-order valence-corrected chi connectivity index (χ2v) is 6.01. The van der Waals surface area contributed by atoms with E-state index in [0.29, 0.717) is 5.69 Å². The molecule has 0 aliphatic carbocycles. The van der Waals surface area contributed by atoms with E-state index in [9.17, 15) is 9.18 Å². The van der Waals surface area contributed by atoms with Crippen LogP contribution in [0, 0.1) is 5.82 Å². The number of para-hydroxylation sites is 1. The van der Waals surface area contributed by atoms with Gasteiger partial charge < -0.3 is 5.32 Å². The number of benzene rings is 2. The first-order valence-corrected chi connectivity index (χ1v) is 7.99. The Morgan fingerprint density at radius 3 is 2.81 bits per heavy atom. The van der Waals surface area contributed by atoms with E-state index in [0.717, 1.165) is 10.6 Å². The minimum absolute atomic E-state index is 0.165. The fourth-order valence-corrected chi connectivity index (χ4v) is 2.90. The Morgan fingerprint density at radius 2 is 2.05 bits per heavy atom. The van der Waals surface area contributed by atoms with E-state index in [1.807, 2.05) is 24.3 Å². The summed E-state index contributed by atoms with van der Waals surface area (Å²) in [5.74, 6) is -0.0682. The Hall–Kier alpha value is -1.59. The Balaban J connectivity index is 2.23. The summed E-state index contributed by atoms with van der Waals surface area (Å²) in [6, 6.07) is 11.9. The number of halogens is 2. The van der Waals surface area contributed by atoms with Gasteiger partial charge in [0.25, 0.3) is 5.91 Å². The highest BCUT2D eigenvalue weighted by Crippen LogP contribution is 2.28. The maximum atomic E-state index is 13.5. The quantitative estimate of drug-likeness (QED) is 0.588. The van der Waals surface area contributed by atoms with E-state index >= 15 is 0 Å². The van der Waals surface area contributed by atoms with Crippen LogP contribution in [0.1, 0.15) is 10.4 Å². The monoisotopic (exact) mass is 365 g/mol. The second-order valence-electron chi connectivity index (χ2n) is 4.15. The molecule has 0 aliphatic rings. The molecule has 0 saturated carbocycles. The van der Waals surface area contributed by atoms with Crippen LogP contribution >= 0.6 is 27.7 Å². The third kappa shape index (κ3) is 3.95. The van der Waals surface area contributed by atoms with E-state index in [4.69, 9.17) is 0 Å². The highest BCUT2D eigenvalue weighted by Gasteiger charge is 2.14. The van der Waals surface area contributed by atoms with E-state index in [2.05, 4.69) is 27.8 Å². The molecule has 2 aromatic rings. The van der Waals surface area contributed by atoms with Crippen molar-refractivity contribution in [3.05, 3.63) is 71.0 Å². The van der Waals surface area contributed by atoms with Gasteiger partial charge in [-0.3, -0.25) is 4.79 Å². The molecule has 0 spiro atoms. The largest absolute Gasteiger partial charge is 0.321 e. The number of hydrogen-bond donors (Lipinski definition) is 1. The zero-order valence-corrected chi connectivity index (χ0v) is 13.5. The number of nitrogens with one attached hydrogen (secondary N) is 1. The van der Waals surface area contributed by atoms with Crippen molar-refractivity contribution in [2.75, 3.05) is 11.1 Å². The van der Waals surface area contributed by atoms with Crippen molar-refractivity contribution in [3.8, 4) is 0 Å². The minimum atomic E-state index is -0.461. The average Bonchev–Trinajstić information content (AvgIpc) is 2.49. The predicted molar refractivity (Wildman–Crippen MR) is 89.4 cm³/mol. The molecule has 5 heteroatoms. The Kier molecular flexibility index (Phi) is 5.59. The molecule has 21 heavy (non-hydrogen) atoms. The van der Waals surface area contributed by atoms with Gasteiger partial charge in [0, 0.05) is 10.6 Å². The van der Waals surface area contributed by atoms with Crippen molar-refractivity contribution in [2.45, 2.75) is 4.90 Å². The van der Waals surface area contributed by atoms with Gasteiger partial charge in [0.15, 0.2) is 0 Å². The fraction of sp³-hybridized carbons (Fsp3) is 0.0625. The van der Waals surface area contributed by atoms with Gasteiger partial charge in [0.05, 0.1) is 15.7 Å². The first kappa shape index (κ1) is 15.8. The van der Waals surface area contributed by atoms with Crippen LogP contribution in [0.3, 0.4) is 0 Å². The van der Waals surface area contributed by atoms with Gasteiger partial charge in [-0.25, -0.2) is 4.39 Å². The van der Waals surface area contributed by atoms with Gasteiger partial charge >= 0.3 is 0 Å². The van der Waals surface area contributed by atoms with Crippen molar-refractivity contribution in [3.63, 3.8) is 0 Å². The normalized spacial score (nSPS) is 10.2. The molecule has 1 amide bonds.